The third kappa shape index (κ3) is 3.57. The second-order valence-corrected chi connectivity index (χ2v) is 8.48. The highest BCUT2D eigenvalue weighted by Gasteiger charge is 2.21. The number of benzene rings is 2. The van der Waals surface area contributed by atoms with Crippen LogP contribution in [0.1, 0.15) is 39.2 Å². The Morgan fingerprint density at radius 1 is 1.06 bits per heavy atom. The minimum atomic E-state index is -0.207. The smallest absolute Gasteiger partial charge is 0.255 e. The van der Waals surface area contributed by atoms with Gasteiger partial charge in [0.1, 0.15) is 0 Å². The van der Waals surface area contributed by atoms with Gasteiger partial charge in [-0.15, -0.1) is 0 Å². The highest BCUT2D eigenvalue weighted by Crippen LogP contribution is 2.33. The van der Waals surface area contributed by atoms with E-state index in [1.54, 1.807) is 10.9 Å². The van der Waals surface area contributed by atoms with Crippen molar-refractivity contribution in [3.8, 4) is 28.7 Å². The lowest BCUT2D eigenvalue weighted by atomic mass is 10.0. The SMILES string of the molecule is Cc1c(C(=O)NCc2ccc3c(c2)OCO3)cnn1-c1ncc2c(n1)-c1ccccc1CCC2. The Balaban J connectivity index is 1.25. The van der Waals surface area contributed by atoms with Crippen molar-refractivity contribution >= 4 is 5.91 Å². The van der Waals surface area contributed by atoms with Crippen molar-refractivity contribution in [2.75, 3.05) is 6.79 Å². The molecule has 1 aliphatic heterocycles. The minimum Gasteiger partial charge on any atom is -0.454 e. The predicted molar refractivity (Wildman–Crippen MR) is 125 cm³/mol. The van der Waals surface area contributed by atoms with Crippen molar-refractivity contribution in [1.29, 1.82) is 0 Å². The van der Waals surface area contributed by atoms with Gasteiger partial charge in [0.2, 0.25) is 6.79 Å². The summed E-state index contributed by atoms with van der Waals surface area (Å²) >= 11 is 0. The van der Waals surface area contributed by atoms with Crippen LogP contribution in [0.2, 0.25) is 0 Å². The zero-order valence-electron chi connectivity index (χ0n) is 18.7. The van der Waals surface area contributed by atoms with Gasteiger partial charge in [-0.25, -0.2) is 14.6 Å². The number of carbonyl (C=O) groups is 1. The lowest BCUT2D eigenvalue weighted by Crippen LogP contribution is -2.23. The van der Waals surface area contributed by atoms with Gasteiger partial charge in [0.25, 0.3) is 11.9 Å². The summed E-state index contributed by atoms with van der Waals surface area (Å²) in [5, 5.41) is 7.39. The van der Waals surface area contributed by atoms with Crippen molar-refractivity contribution in [3.63, 3.8) is 0 Å². The van der Waals surface area contributed by atoms with Crippen molar-refractivity contribution in [3.05, 3.63) is 82.8 Å². The van der Waals surface area contributed by atoms with Crippen LogP contribution in [-0.2, 0) is 19.4 Å². The standard InChI is InChI=1S/C26H23N5O3/c1-16-21(25(32)27-12-17-9-10-22-23(11-17)34-15-33-22)14-29-31(16)26-28-13-19-7-4-6-18-5-2-3-8-20(18)24(19)30-26/h2-3,5,8-11,13-14H,4,6-7,12,15H2,1H3,(H,27,32). The molecule has 0 radical (unpaired) electrons. The Morgan fingerprint density at radius 3 is 2.85 bits per heavy atom. The fraction of sp³-hybridized carbons (Fsp3) is 0.231. The first-order valence-corrected chi connectivity index (χ1v) is 11.3. The number of hydrogen-bond acceptors (Lipinski definition) is 6. The molecule has 2 aromatic heterocycles. The van der Waals surface area contributed by atoms with Crippen LogP contribution >= 0.6 is 0 Å². The summed E-state index contributed by atoms with van der Waals surface area (Å²) in [6.45, 7) is 2.44. The fourth-order valence-electron chi connectivity index (χ4n) is 4.52. The quantitative estimate of drug-likeness (QED) is 0.506. The number of rotatable bonds is 4. The maximum Gasteiger partial charge on any atom is 0.255 e. The summed E-state index contributed by atoms with van der Waals surface area (Å²) in [6, 6.07) is 14.0. The lowest BCUT2D eigenvalue weighted by molar-refractivity contribution is 0.0950. The van der Waals surface area contributed by atoms with Crippen LogP contribution in [0, 0.1) is 6.92 Å². The number of nitrogens with one attached hydrogen (secondary N) is 1. The topological polar surface area (TPSA) is 91.2 Å². The van der Waals surface area contributed by atoms with E-state index in [9.17, 15) is 4.79 Å². The van der Waals surface area contributed by atoms with Gasteiger partial charge in [0.05, 0.1) is 23.1 Å². The van der Waals surface area contributed by atoms with Crippen LogP contribution in [0.15, 0.2) is 54.9 Å². The van der Waals surface area contributed by atoms with Crippen LogP contribution in [0.25, 0.3) is 17.2 Å². The number of hydrogen-bond donors (Lipinski definition) is 1. The number of nitrogens with zero attached hydrogens (tertiary/aromatic N) is 4. The van der Waals surface area contributed by atoms with E-state index in [1.165, 1.54) is 5.56 Å². The van der Waals surface area contributed by atoms with Gasteiger partial charge in [-0.2, -0.15) is 5.10 Å². The molecule has 8 heteroatoms. The molecule has 2 aromatic carbocycles. The van der Waals surface area contributed by atoms with Crippen LogP contribution in [0.5, 0.6) is 11.5 Å². The summed E-state index contributed by atoms with van der Waals surface area (Å²) in [5.74, 6) is 1.66. The Labute approximate surface area is 196 Å². The van der Waals surface area contributed by atoms with Crippen LogP contribution in [0.4, 0.5) is 0 Å². The number of fused-ring (bicyclic) bond motifs is 4. The zero-order valence-corrected chi connectivity index (χ0v) is 18.7. The molecule has 0 atom stereocenters. The van der Waals surface area contributed by atoms with Crippen molar-refractivity contribution < 1.29 is 14.3 Å². The fourth-order valence-corrected chi connectivity index (χ4v) is 4.52. The van der Waals surface area contributed by atoms with Gasteiger partial charge >= 0.3 is 0 Å². The van der Waals surface area contributed by atoms with E-state index in [0.717, 1.165) is 47.4 Å². The summed E-state index contributed by atoms with van der Waals surface area (Å²) in [5.41, 5.74) is 6.62. The van der Waals surface area contributed by atoms with E-state index < -0.39 is 0 Å². The van der Waals surface area contributed by atoms with Crippen LogP contribution in [-0.4, -0.2) is 32.4 Å². The van der Waals surface area contributed by atoms with Gasteiger partial charge in [-0.1, -0.05) is 30.3 Å². The highest BCUT2D eigenvalue weighted by molar-refractivity contribution is 5.95. The van der Waals surface area contributed by atoms with Gasteiger partial charge in [0, 0.05) is 18.3 Å². The zero-order chi connectivity index (χ0) is 23.1. The number of carbonyl (C=O) groups excluding carboxylic acids is 1. The largest absolute Gasteiger partial charge is 0.454 e. The molecule has 0 saturated carbocycles. The molecule has 0 fully saturated rings. The summed E-state index contributed by atoms with van der Waals surface area (Å²) in [7, 11) is 0. The molecule has 0 saturated heterocycles. The van der Waals surface area contributed by atoms with E-state index >= 15 is 0 Å². The summed E-state index contributed by atoms with van der Waals surface area (Å²) in [6.07, 6.45) is 6.49. The molecule has 1 aliphatic carbocycles. The van der Waals surface area contributed by atoms with Crippen molar-refractivity contribution in [1.82, 2.24) is 25.1 Å². The van der Waals surface area contributed by atoms with E-state index in [4.69, 9.17) is 14.5 Å². The molecule has 1 amide bonds. The molecule has 1 N–H and O–H groups in total. The first-order valence-electron chi connectivity index (χ1n) is 11.3. The van der Waals surface area contributed by atoms with E-state index in [2.05, 4.69) is 33.6 Å². The maximum absolute atomic E-state index is 12.9. The van der Waals surface area contributed by atoms with Crippen molar-refractivity contribution in [2.45, 2.75) is 32.7 Å². The Morgan fingerprint density at radius 2 is 1.91 bits per heavy atom. The first-order chi connectivity index (χ1) is 16.7. The Kier molecular flexibility index (Phi) is 4.98. The molecular weight excluding hydrogens is 430 g/mol. The molecule has 3 heterocycles. The Bertz CT molecular complexity index is 1410. The molecule has 4 aromatic rings. The molecule has 170 valence electrons. The second-order valence-electron chi connectivity index (χ2n) is 8.48. The van der Waals surface area contributed by atoms with Crippen molar-refractivity contribution in [2.24, 2.45) is 0 Å². The predicted octanol–water partition coefficient (Wildman–Crippen LogP) is 3.79. The molecule has 0 spiro atoms. The monoisotopic (exact) mass is 453 g/mol. The maximum atomic E-state index is 12.9. The normalized spacial score (nSPS) is 13.7. The minimum absolute atomic E-state index is 0.207. The molecule has 34 heavy (non-hydrogen) atoms. The van der Waals surface area contributed by atoms with E-state index in [0.29, 0.717) is 29.5 Å². The molecule has 2 aliphatic rings. The summed E-state index contributed by atoms with van der Waals surface area (Å²) in [4.78, 5) is 22.3. The number of aromatic nitrogens is 4. The molecule has 0 bridgehead atoms. The molecular formula is C26H23N5O3. The average Bonchev–Trinajstić information content (AvgIpc) is 3.44. The molecule has 6 rings (SSSR count). The van der Waals surface area contributed by atoms with Crippen LogP contribution < -0.4 is 14.8 Å². The Hall–Kier alpha value is -4.20. The van der Waals surface area contributed by atoms with E-state index in [-0.39, 0.29) is 12.7 Å². The lowest BCUT2D eigenvalue weighted by Gasteiger charge is -2.11. The molecule has 0 unspecified atom stereocenters. The van der Waals surface area contributed by atoms with Gasteiger partial charge in [-0.05, 0) is 55.0 Å². The number of aryl methyl sites for hydroxylation is 2. The average molecular weight is 454 g/mol. The third-order valence-electron chi connectivity index (χ3n) is 6.35. The molecule has 8 nitrogen and oxygen atoms in total. The number of ether oxygens (including phenoxy) is 2. The van der Waals surface area contributed by atoms with Gasteiger partial charge in [-0.3, -0.25) is 4.79 Å². The van der Waals surface area contributed by atoms with Gasteiger partial charge in [0.15, 0.2) is 11.5 Å². The summed E-state index contributed by atoms with van der Waals surface area (Å²) < 4.78 is 12.4. The second kappa shape index (κ2) is 8.30. The first kappa shape index (κ1) is 20.4. The third-order valence-corrected chi connectivity index (χ3v) is 6.35. The van der Waals surface area contributed by atoms with E-state index in [1.807, 2.05) is 37.4 Å². The van der Waals surface area contributed by atoms with Gasteiger partial charge < -0.3 is 14.8 Å². The number of amides is 1. The van der Waals surface area contributed by atoms with Crippen LogP contribution in [0.3, 0.4) is 0 Å². The highest BCUT2D eigenvalue weighted by atomic mass is 16.7.